The molecule has 0 radical (unpaired) electrons. The van der Waals surface area contributed by atoms with Gasteiger partial charge in [-0.25, -0.2) is 4.68 Å². The van der Waals surface area contributed by atoms with Crippen LogP contribution in [-0.4, -0.2) is 33.2 Å². The Bertz CT molecular complexity index is 371. The van der Waals surface area contributed by atoms with Crippen LogP contribution in [0.5, 0.6) is 0 Å². The number of ether oxygens (including phenoxy) is 1. The molecule has 1 aliphatic rings. The van der Waals surface area contributed by atoms with Gasteiger partial charge in [-0.05, 0) is 12.8 Å². The number of carbonyl (C=O) groups is 1. The van der Waals surface area contributed by atoms with Crippen LogP contribution in [0, 0.1) is 0 Å². The molecule has 1 aromatic heterocycles. The molecule has 2 rings (SSSR count). The highest BCUT2D eigenvalue weighted by molar-refractivity contribution is 5.69. The Balaban J connectivity index is 2.24. The molecule has 15 heavy (non-hydrogen) atoms. The average Bonchev–Trinajstić information content (AvgIpc) is 2.93. The van der Waals surface area contributed by atoms with E-state index in [2.05, 4.69) is 10.3 Å². The topological polar surface area (TPSA) is 77.2 Å². The molecular weight excluding hydrogens is 198 g/mol. The van der Waals surface area contributed by atoms with Crippen LogP contribution in [0.15, 0.2) is 0 Å². The number of aromatic nitrogens is 3. The van der Waals surface area contributed by atoms with Crippen LogP contribution in [-0.2, 0) is 22.6 Å². The quantitative estimate of drug-likeness (QED) is 0.762. The highest BCUT2D eigenvalue weighted by Crippen LogP contribution is 2.35. The molecule has 1 heterocycles. The molecule has 1 saturated carbocycles. The normalized spacial score (nSPS) is 15.5. The van der Waals surface area contributed by atoms with E-state index in [0.717, 1.165) is 18.5 Å². The number of carboxylic acid groups (broad SMARTS) is 1. The first-order valence-corrected chi connectivity index (χ1v) is 4.86. The van der Waals surface area contributed by atoms with Crippen LogP contribution in [0.25, 0.3) is 0 Å². The van der Waals surface area contributed by atoms with Crippen molar-refractivity contribution >= 4 is 5.97 Å². The molecular formula is C9H13N3O3. The maximum Gasteiger partial charge on any atom is 0.309 e. The zero-order valence-electron chi connectivity index (χ0n) is 8.51. The van der Waals surface area contributed by atoms with Gasteiger partial charge in [-0.1, -0.05) is 5.21 Å². The van der Waals surface area contributed by atoms with Crippen molar-refractivity contribution < 1.29 is 14.6 Å². The summed E-state index contributed by atoms with van der Waals surface area (Å²) in [6.07, 6.45) is 2.09. The first-order valence-electron chi connectivity index (χ1n) is 4.86. The number of methoxy groups -OCH3 is 1. The van der Waals surface area contributed by atoms with Crippen LogP contribution in [0.3, 0.4) is 0 Å². The lowest BCUT2D eigenvalue weighted by molar-refractivity contribution is -0.136. The van der Waals surface area contributed by atoms with Gasteiger partial charge in [0.05, 0.1) is 30.5 Å². The second-order valence-corrected chi connectivity index (χ2v) is 3.66. The van der Waals surface area contributed by atoms with Gasteiger partial charge in [-0.3, -0.25) is 4.79 Å². The molecule has 0 atom stereocenters. The van der Waals surface area contributed by atoms with E-state index in [-0.39, 0.29) is 6.42 Å². The summed E-state index contributed by atoms with van der Waals surface area (Å²) in [4.78, 5) is 10.6. The Labute approximate surface area is 86.8 Å². The molecule has 82 valence electrons. The van der Waals surface area contributed by atoms with E-state index in [4.69, 9.17) is 9.84 Å². The molecule has 6 nitrogen and oxygen atoms in total. The molecule has 6 heteroatoms. The van der Waals surface area contributed by atoms with Gasteiger partial charge in [0.1, 0.15) is 0 Å². The third-order valence-corrected chi connectivity index (χ3v) is 2.36. The monoisotopic (exact) mass is 211 g/mol. The second-order valence-electron chi connectivity index (χ2n) is 3.66. The van der Waals surface area contributed by atoms with Gasteiger partial charge < -0.3 is 9.84 Å². The number of hydrogen-bond acceptors (Lipinski definition) is 4. The Hall–Kier alpha value is -1.43. The third kappa shape index (κ3) is 2.15. The predicted octanol–water partition coefficient (Wildman–Crippen LogP) is 0.386. The second kappa shape index (κ2) is 3.98. The van der Waals surface area contributed by atoms with Gasteiger partial charge >= 0.3 is 5.97 Å². The van der Waals surface area contributed by atoms with Crippen molar-refractivity contribution in [3.8, 4) is 0 Å². The maximum absolute atomic E-state index is 10.6. The highest BCUT2D eigenvalue weighted by Gasteiger charge is 2.29. The molecule has 0 spiro atoms. The number of nitrogens with zero attached hydrogens (tertiary/aromatic N) is 3. The smallest absolute Gasteiger partial charge is 0.309 e. The number of carboxylic acids is 1. The van der Waals surface area contributed by atoms with E-state index < -0.39 is 5.97 Å². The Morgan fingerprint density at radius 3 is 2.93 bits per heavy atom. The van der Waals surface area contributed by atoms with Crippen molar-refractivity contribution in [2.24, 2.45) is 0 Å². The van der Waals surface area contributed by atoms with E-state index in [1.54, 1.807) is 11.8 Å². The van der Waals surface area contributed by atoms with Gasteiger partial charge in [-0.15, -0.1) is 5.10 Å². The van der Waals surface area contributed by atoms with Crippen LogP contribution in [0.4, 0.5) is 0 Å². The average molecular weight is 211 g/mol. The van der Waals surface area contributed by atoms with E-state index >= 15 is 0 Å². The molecule has 1 aliphatic carbocycles. The summed E-state index contributed by atoms with van der Waals surface area (Å²) in [5.74, 6) is -0.893. The molecule has 1 fully saturated rings. The Morgan fingerprint density at radius 2 is 2.40 bits per heavy atom. The largest absolute Gasteiger partial charge is 0.481 e. The molecule has 1 aromatic rings. The van der Waals surface area contributed by atoms with Gasteiger partial charge in [0.25, 0.3) is 0 Å². The van der Waals surface area contributed by atoms with Gasteiger partial charge in [0, 0.05) is 7.11 Å². The predicted molar refractivity (Wildman–Crippen MR) is 50.3 cm³/mol. The van der Waals surface area contributed by atoms with E-state index in [1.165, 1.54) is 0 Å². The highest BCUT2D eigenvalue weighted by atomic mass is 16.5. The summed E-state index contributed by atoms with van der Waals surface area (Å²) in [5.41, 5.74) is 1.30. The van der Waals surface area contributed by atoms with Crippen LogP contribution >= 0.6 is 0 Å². The molecule has 0 unspecified atom stereocenters. The maximum atomic E-state index is 10.6. The standard InChI is InChI=1S/C9H13N3O3/c1-15-5-8-7(4-9(13)14)10-11-12(8)6-2-3-6/h6H,2-5H2,1H3,(H,13,14). The summed E-state index contributed by atoms with van der Waals surface area (Å²) < 4.78 is 6.83. The molecule has 0 aromatic carbocycles. The van der Waals surface area contributed by atoms with E-state index in [9.17, 15) is 4.79 Å². The lowest BCUT2D eigenvalue weighted by Gasteiger charge is -2.04. The fourth-order valence-corrected chi connectivity index (χ4v) is 1.53. The first kappa shape index (κ1) is 10.1. The first-order chi connectivity index (χ1) is 7.22. The van der Waals surface area contributed by atoms with Crippen molar-refractivity contribution in [3.63, 3.8) is 0 Å². The lowest BCUT2D eigenvalue weighted by atomic mass is 10.2. The number of aliphatic carboxylic acids is 1. The summed E-state index contributed by atoms with van der Waals surface area (Å²) in [7, 11) is 1.58. The zero-order chi connectivity index (χ0) is 10.8. The summed E-state index contributed by atoms with van der Waals surface area (Å²) in [5, 5.41) is 16.6. The fraction of sp³-hybridized carbons (Fsp3) is 0.667. The molecule has 0 aliphatic heterocycles. The Kier molecular flexibility index (Phi) is 2.68. The summed E-state index contributed by atoms with van der Waals surface area (Å²) >= 11 is 0. The van der Waals surface area contributed by atoms with Crippen LogP contribution in [0.1, 0.15) is 30.3 Å². The lowest BCUT2D eigenvalue weighted by Crippen LogP contribution is -2.08. The molecule has 0 saturated heterocycles. The van der Waals surface area contributed by atoms with Crippen molar-refractivity contribution in [2.45, 2.75) is 31.9 Å². The minimum absolute atomic E-state index is 0.0919. The van der Waals surface area contributed by atoms with Gasteiger partial charge in [0.2, 0.25) is 0 Å². The van der Waals surface area contributed by atoms with Crippen molar-refractivity contribution in [2.75, 3.05) is 7.11 Å². The summed E-state index contributed by atoms with van der Waals surface area (Å²) in [6, 6.07) is 0.394. The minimum Gasteiger partial charge on any atom is -0.481 e. The fourth-order valence-electron chi connectivity index (χ4n) is 1.53. The third-order valence-electron chi connectivity index (χ3n) is 2.36. The molecule has 0 bridgehead atoms. The van der Waals surface area contributed by atoms with E-state index in [1.807, 2.05) is 0 Å². The van der Waals surface area contributed by atoms with Crippen molar-refractivity contribution in [3.05, 3.63) is 11.4 Å². The van der Waals surface area contributed by atoms with Crippen molar-refractivity contribution in [1.82, 2.24) is 15.0 Å². The van der Waals surface area contributed by atoms with Crippen LogP contribution < -0.4 is 0 Å². The summed E-state index contributed by atoms with van der Waals surface area (Å²) in [6.45, 7) is 0.367. The van der Waals surface area contributed by atoms with Gasteiger partial charge in [0.15, 0.2) is 0 Å². The minimum atomic E-state index is -0.893. The van der Waals surface area contributed by atoms with Crippen molar-refractivity contribution in [1.29, 1.82) is 0 Å². The molecule has 1 N–H and O–H groups in total. The van der Waals surface area contributed by atoms with E-state index in [0.29, 0.717) is 18.3 Å². The number of rotatable bonds is 5. The van der Waals surface area contributed by atoms with Gasteiger partial charge in [-0.2, -0.15) is 0 Å². The number of hydrogen-bond donors (Lipinski definition) is 1. The zero-order valence-corrected chi connectivity index (χ0v) is 8.51. The molecule has 0 amide bonds. The SMILES string of the molecule is COCc1c(CC(=O)O)nnn1C1CC1. The Morgan fingerprint density at radius 1 is 1.67 bits per heavy atom. The van der Waals surface area contributed by atoms with Crippen LogP contribution in [0.2, 0.25) is 0 Å².